The summed E-state index contributed by atoms with van der Waals surface area (Å²) in [6, 6.07) is 9.09. The SMILES string of the molecule is COC(=O)CC(c1ccc(Cl)c(NC(=O)[C@H](c2ccc(F)cc2)[C@@H](C)C(F)(F)F)c1)C(C)C. The Bertz CT molecular complexity index is 977. The van der Waals surface area contributed by atoms with Crippen LogP contribution in [0, 0.1) is 17.7 Å². The molecular weight excluding hydrogens is 462 g/mol. The van der Waals surface area contributed by atoms with Crippen LogP contribution in [0.2, 0.25) is 5.02 Å². The number of ether oxygens (including phenoxy) is 1. The van der Waals surface area contributed by atoms with E-state index in [2.05, 4.69) is 5.32 Å². The van der Waals surface area contributed by atoms with Crippen molar-refractivity contribution in [3.8, 4) is 0 Å². The first-order valence-electron chi connectivity index (χ1n) is 10.3. The number of halogens is 5. The zero-order valence-electron chi connectivity index (χ0n) is 18.7. The van der Waals surface area contributed by atoms with E-state index in [9.17, 15) is 27.2 Å². The predicted molar refractivity (Wildman–Crippen MR) is 119 cm³/mol. The lowest BCUT2D eigenvalue weighted by atomic mass is 9.85. The van der Waals surface area contributed by atoms with Crippen molar-refractivity contribution in [3.63, 3.8) is 0 Å². The second-order valence-electron chi connectivity index (χ2n) is 8.22. The van der Waals surface area contributed by atoms with Gasteiger partial charge in [0.1, 0.15) is 5.82 Å². The van der Waals surface area contributed by atoms with Crippen LogP contribution in [0.3, 0.4) is 0 Å². The highest BCUT2D eigenvalue weighted by molar-refractivity contribution is 6.33. The van der Waals surface area contributed by atoms with Crippen molar-refractivity contribution in [2.24, 2.45) is 11.8 Å². The van der Waals surface area contributed by atoms with Gasteiger partial charge < -0.3 is 10.1 Å². The van der Waals surface area contributed by atoms with Gasteiger partial charge in [-0.1, -0.05) is 50.6 Å². The molecule has 0 saturated heterocycles. The van der Waals surface area contributed by atoms with Crippen LogP contribution < -0.4 is 5.32 Å². The van der Waals surface area contributed by atoms with Gasteiger partial charge in [0.15, 0.2) is 0 Å². The Morgan fingerprint density at radius 1 is 1.03 bits per heavy atom. The van der Waals surface area contributed by atoms with E-state index in [1.165, 1.54) is 13.2 Å². The van der Waals surface area contributed by atoms with Gasteiger partial charge in [-0.05, 0) is 47.2 Å². The topological polar surface area (TPSA) is 55.4 Å². The van der Waals surface area contributed by atoms with Gasteiger partial charge in [0, 0.05) is 0 Å². The zero-order valence-corrected chi connectivity index (χ0v) is 19.4. The van der Waals surface area contributed by atoms with Gasteiger partial charge in [-0.3, -0.25) is 9.59 Å². The van der Waals surface area contributed by atoms with Crippen molar-refractivity contribution < 1.29 is 31.9 Å². The number of carbonyl (C=O) groups excluding carboxylic acids is 2. The van der Waals surface area contributed by atoms with Gasteiger partial charge in [0.2, 0.25) is 5.91 Å². The van der Waals surface area contributed by atoms with Crippen LogP contribution in [-0.2, 0) is 14.3 Å². The van der Waals surface area contributed by atoms with Crippen LogP contribution >= 0.6 is 11.6 Å². The Labute approximate surface area is 195 Å². The number of alkyl halides is 3. The smallest absolute Gasteiger partial charge is 0.392 e. The van der Waals surface area contributed by atoms with Gasteiger partial charge in [-0.25, -0.2) is 4.39 Å². The Hall–Kier alpha value is -2.61. The molecule has 0 aliphatic carbocycles. The molecule has 0 aliphatic heterocycles. The van der Waals surface area contributed by atoms with E-state index in [1.54, 1.807) is 12.1 Å². The minimum Gasteiger partial charge on any atom is -0.469 e. The number of benzene rings is 2. The number of hydrogen-bond donors (Lipinski definition) is 1. The average molecular weight is 488 g/mol. The van der Waals surface area contributed by atoms with Gasteiger partial charge >= 0.3 is 12.1 Å². The summed E-state index contributed by atoms with van der Waals surface area (Å²) in [6.45, 7) is 4.73. The Morgan fingerprint density at radius 3 is 2.12 bits per heavy atom. The van der Waals surface area contributed by atoms with Crippen LogP contribution in [0.15, 0.2) is 42.5 Å². The molecule has 2 rings (SSSR count). The summed E-state index contributed by atoms with van der Waals surface area (Å²) in [5.74, 6) is -5.85. The zero-order chi connectivity index (χ0) is 24.9. The molecule has 9 heteroatoms. The first kappa shape index (κ1) is 26.6. The van der Waals surface area contributed by atoms with Crippen molar-refractivity contribution in [1.29, 1.82) is 0 Å². The van der Waals surface area contributed by atoms with Crippen molar-refractivity contribution in [2.45, 2.75) is 45.2 Å². The van der Waals surface area contributed by atoms with E-state index in [0.717, 1.165) is 31.2 Å². The Kier molecular flexibility index (Phi) is 8.89. The molecule has 0 aromatic heterocycles. The molecule has 3 atom stereocenters. The maximum absolute atomic E-state index is 13.5. The molecule has 33 heavy (non-hydrogen) atoms. The Balaban J connectivity index is 2.41. The third-order valence-corrected chi connectivity index (χ3v) is 5.95. The predicted octanol–water partition coefficient (Wildman–Crippen LogP) is 6.70. The number of amides is 1. The summed E-state index contributed by atoms with van der Waals surface area (Å²) in [4.78, 5) is 24.9. The van der Waals surface area contributed by atoms with Gasteiger partial charge in [0.05, 0.1) is 36.1 Å². The van der Waals surface area contributed by atoms with Crippen LogP contribution in [0.1, 0.15) is 50.2 Å². The van der Waals surface area contributed by atoms with Crippen molar-refractivity contribution in [3.05, 3.63) is 64.4 Å². The third-order valence-electron chi connectivity index (χ3n) is 5.62. The molecule has 2 aromatic carbocycles. The van der Waals surface area contributed by atoms with E-state index < -0.39 is 35.7 Å². The second kappa shape index (κ2) is 11.0. The van der Waals surface area contributed by atoms with E-state index >= 15 is 0 Å². The minimum atomic E-state index is -4.66. The summed E-state index contributed by atoms with van der Waals surface area (Å²) >= 11 is 6.22. The molecule has 0 aliphatic rings. The first-order valence-corrected chi connectivity index (χ1v) is 10.7. The van der Waals surface area contributed by atoms with Gasteiger partial charge in [-0.15, -0.1) is 0 Å². The molecule has 1 N–H and O–H groups in total. The maximum atomic E-state index is 13.5. The summed E-state index contributed by atoms with van der Waals surface area (Å²) in [6.07, 6.45) is -4.57. The average Bonchev–Trinajstić information content (AvgIpc) is 2.74. The number of nitrogens with one attached hydrogen (secondary N) is 1. The van der Waals surface area contributed by atoms with Crippen LogP contribution in [0.4, 0.5) is 23.2 Å². The number of anilines is 1. The summed E-state index contributed by atoms with van der Waals surface area (Å²) in [5.41, 5.74) is 0.824. The number of hydrogen-bond acceptors (Lipinski definition) is 3. The molecule has 1 amide bonds. The molecule has 0 bridgehead atoms. The molecule has 180 valence electrons. The molecular formula is C24H26ClF4NO3. The molecule has 4 nitrogen and oxygen atoms in total. The van der Waals surface area contributed by atoms with Crippen molar-refractivity contribution in [1.82, 2.24) is 0 Å². The standard InChI is InChI=1S/C24H26ClF4NO3/c1-13(2)18(12-21(31)33-4)16-7-10-19(25)20(11-16)30-23(32)22(14(3)24(27,28)29)15-5-8-17(26)9-6-15/h5-11,13-14,18,22H,12H2,1-4H3,(H,30,32)/t14-,18?,22+/m1/s1. The fraction of sp³-hybridized carbons (Fsp3) is 0.417. The maximum Gasteiger partial charge on any atom is 0.392 e. The quantitative estimate of drug-likeness (QED) is 0.333. The summed E-state index contributed by atoms with van der Waals surface area (Å²) in [7, 11) is 1.28. The second-order valence-corrected chi connectivity index (χ2v) is 8.63. The molecule has 0 saturated carbocycles. The van der Waals surface area contributed by atoms with Crippen molar-refractivity contribution >= 4 is 29.2 Å². The fourth-order valence-corrected chi connectivity index (χ4v) is 3.77. The van der Waals surface area contributed by atoms with E-state index in [0.29, 0.717) is 5.56 Å². The highest BCUT2D eigenvalue weighted by atomic mass is 35.5. The van der Waals surface area contributed by atoms with Crippen LogP contribution in [0.5, 0.6) is 0 Å². The molecule has 2 aromatic rings. The van der Waals surface area contributed by atoms with E-state index in [1.807, 2.05) is 13.8 Å². The van der Waals surface area contributed by atoms with E-state index in [-0.39, 0.29) is 34.5 Å². The highest BCUT2D eigenvalue weighted by Crippen LogP contribution is 2.39. The van der Waals surface area contributed by atoms with Crippen LogP contribution in [0.25, 0.3) is 0 Å². The Morgan fingerprint density at radius 2 is 1.61 bits per heavy atom. The summed E-state index contributed by atoms with van der Waals surface area (Å²) in [5, 5.41) is 2.63. The van der Waals surface area contributed by atoms with Crippen LogP contribution in [-0.4, -0.2) is 25.2 Å². The lowest BCUT2D eigenvalue weighted by Crippen LogP contribution is -2.34. The first-order chi connectivity index (χ1) is 15.3. The number of esters is 1. The number of carbonyl (C=O) groups is 2. The molecule has 0 heterocycles. The third kappa shape index (κ3) is 6.93. The summed E-state index contributed by atoms with van der Waals surface area (Å²) < 4.78 is 58.7. The van der Waals surface area contributed by atoms with Gasteiger partial charge in [-0.2, -0.15) is 13.2 Å². The normalized spacial score (nSPS) is 14.5. The van der Waals surface area contributed by atoms with E-state index in [4.69, 9.17) is 16.3 Å². The molecule has 0 fully saturated rings. The number of rotatable bonds is 8. The largest absolute Gasteiger partial charge is 0.469 e. The van der Waals surface area contributed by atoms with Crippen molar-refractivity contribution in [2.75, 3.05) is 12.4 Å². The molecule has 1 unspecified atom stereocenters. The molecule has 0 spiro atoms. The van der Waals surface area contributed by atoms with Gasteiger partial charge in [0.25, 0.3) is 0 Å². The monoisotopic (exact) mass is 487 g/mol. The lowest BCUT2D eigenvalue weighted by Gasteiger charge is -2.26. The fourth-order valence-electron chi connectivity index (χ4n) is 3.61. The lowest BCUT2D eigenvalue weighted by molar-refractivity contribution is -0.178. The number of methoxy groups -OCH3 is 1. The highest BCUT2D eigenvalue weighted by Gasteiger charge is 2.45. The minimum absolute atomic E-state index is 0.0248. The molecule has 0 radical (unpaired) electrons.